The molecule has 1 heterocycles. The van der Waals surface area contributed by atoms with Crippen LogP contribution in [-0.2, 0) is 11.2 Å². The zero-order chi connectivity index (χ0) is 26.9. The summed E-state index contributed by atoms with van der Waals surface area (Å²) in [6.07, 6.45) is 0.589. The summed E-state index contributed by atoms with van der Waals surface area (Å²) in [5.41, 5.74) is 1.01. The van der Waals surface area contributed by atoms with Crippen LogP contribution in [0.1, 0.15) is 24.4 Å². The normalized spacial score (nSPS) is 13.8. The van der Waals surface area contributed by atoms with Gasteiger partial charge in [0.15, 0.2) is 6.61 Å². The van der Waals surface area contributed by atoms with Crippen LogP contribution >= 0.6 is 0 Å². The molecule has 1 unspecified atom stereocenters. The van der Waals surface area contributed by atoms with Crippen LogP contribution in [-0.4, -0.2) is 64.6 Å². The summed E-state index contributed by atoms with van der Waals surface area (Å²) in [4.78, 5) is 12.8. The molecule has 0 aliphatic heterocycles. The number of carboxylic acid groups (broad SMARTS) is 1. The molecule has 0 spiro atoms. The first-order valence-corrected chi connectivity index (χ1v) is 12.6. The number of hydrogen-bond donors (Lipinski definition) is 3. The predicted molar refractivity (Wildman–Crippen MR) is 143 cm³/mol. The molecule has 0 radical (unpaired) electrons. The summed E-state index contributed by atoms with van der Waals surface area (Å²) in [7, 11) is 0. The number of carboxylic acids is 1. The number of para-hydroxylation sites is 1. The summed E-state index contributed by atoms with van der Waals surface area (Å²) < 4.78 is 16.7. The molecule has 200 valence electrons. The van der Waals surface area contributed by atoms with Gasteiger partial charge in [-0.1, -0.05) is 54.6 Å². The molecular formula is C30H33NO7. The first-order valence-electron chi connectivity index (χ1n) is 12.6. The number of carbonyl (C=O) groups is 1. The van der Waals surface area contributed by atoms with E-state index in [1.54, 1.807) is 18.4 Å². The van der Waals surface area contributed by atoms with Gasteiger partial charge in [-0.25, -0.2) is 4.79 Å². The Morgan fingerprint density at radius 2 is 1.58 bits per heavy atom. The minimum absolute atomic E-state index is 0.0527. The van der Waals surface area contributed by atoms with Gasteiger partial charge in [0.25, 0.3) is 0 Å². The third-order valence-electron chi connectivity index (χ3n) is 6.32. The lowest BCUT2D eigenvalue weighted by Crippen LogP contribution is -2.44. The van der Waals surface area contributed by atoms with Gasteiger partial charge in [0.1, 0.15) is 36.1 Å². The lowest BCUT2D eigenvalue weighted by Gasteiger charge is -2.32. The predicted octanol–water partition coefficient (Wildman–Crippen LogP) is 4.30. The minimum Gasteiger partial charge on any atom is -0.491 e. The van der Waals surface area contributed by atoms with Gasteiger partial charge in [0, 0.05) is 29.9 Å². The van der Waals surface area contributed by atoms with E-state index in [1.165, 1.54) is 0 Å². The number of furan rings is 1. The number of rotatable bonds is 14. The fraction of sp³-hybridized carbons (Fsp3) is 0.300. The second kappa shape index (κ2) is 13.1. The van der Waals surface area contributed by atoms with E-state index < -0.39 is 24.8 Å². The zero-order valence-corrected chi connectivity index (χ0v) is 21.3. The highest BCUT2D eigenvalue weighted by Gasteiger charge is 2.25. The van der Waals surface area contributed by atoms with Crippen molar-refractivity contribution in [2.24, 2.45) is 0 Å². The number of nitrogens with zero attached hydrogens (tertiary/aromatic N) is 1. The first kappa shape index (κ1) is 27.2. The van der Waals surface area contributed by atoms with E-state index in [9.17, 15) is 15.0 Å². The molecular weight excluding hydrogens is 486 g/mol. The van der Waals surface area contributed by atoms with Crippen LogP contribution in [0.5, 0.6) is 11.5 Å². The molecule has 3 atom stereocenters. The molecule has 8 heteroatoms. The van der Waals surface area contributed by atoms with E-state index in [0.717, 1.165) is 16.3 Å². The third kappa shape index (κ3) is 7.58. The van der Waals surface area contributed by atoms with Gasteiger partial charge >= 0.3 is 5.97 Å². The number of benzene rings is 3. The van der Waals surface area contributed by atoms with Crippen molar-refractivity contribution < 1.29 is 34.0 Å². The van der Waals surface area contributed by atoms with Crippen molar-refractivity contribution in [3.63, 3.8) is 0 Å². The number of ether oxygens (including phenoxy) is 2. The third-order valence-corrected chi connectivity index (χ3v) is 6.32. The maximum absolute atomic E-state index is 11.1. The van der Waals surface area contributed by atoms with E-state index in [1.807, 2.05) is 78.6 Å². The summed E-state index contributed by atoms with van der Waals surface area (Å²) in [5, 5.41) is 32.5. The van der Waals surface area contributed by atoms with Gasteiger partial charge in [-0.3, -0.25) is 4.90 Å². The van der Waals surface area contributed by atoms with Gasteiger partial charge < -0.3 is 29.2 Å². The lowest BCUT2D eigenvalue weighted by atomic mass is 10.0. The second-order valence-corrected chi connectivity index (χ2v) is 9.31. The fourth-order valence-electron chi connectivity index (χ4n) is 4.38. The molecule has 0 amide bonds. The largest absolute Gasteiger partial charge is 0.491 e. The van der Waals surface area contributed by atoms with Gasteiger partial charge in [0.2, 0.25) is 0 Å². The average molecular weight is 520 g/mol. The summed E-state index contributed by atoms with van der Waals surface area (Å²) in [6, 6.07) is 24.2. The van der Waals surface area contributed by atoms with Crippen molar-refractivity contribution in [2.45, 2.75) is 31.6 Å². The average Bonchev–Trinajstić information content (AvgIpc) is 3.36. The van der Waals surface area contributed by atoms with Crippen molar-refractivity contribution in [3.05, 3.63) is 96.4 Å². The lowest BCUT2D eigenvalue weighted by molar-refractivity contribution is -0.139. The van der Waals surface area contributed by atoms with E-state index in [-0.39, 0.29) is 25.7 Å². The van der Waals surface area contributed by atoms with E-state index in [0.29, 0.717) is 23.7 Å². The van der Waals surface area contributed by atoms with Crippen LogP contribution in [0, 0.1) is 0 Å². The molecule has 0 aliphatic rings. The molecule has 4 aromatic rings. The standard InChI is InChI=1S/C30H33NO7/c1-21(15-22-11-13-26(14-12-22)37-20-29(34)35)31(16-24(32)19-36-25-8-3-2-4-9-25)17-28(33)30-27-10-6-5-7-23(27)18-38-30/h2-14,18,21,24,28,32-33H,15-17,19-20H2,1H3,(H,34,35)/t21-,24+,28?/m1/s1. The minimum atomic E-state index is -1.03. The Kier molecular flexibility index (Phi) is 9.37. The van der Waals surface area contributed by atoms with Crippen molar-refractivity contribution in [1.82, 2.24) is 4.90 Å². The van der Waals surface area contributed by atoms with Crippen molar-refractivity contribution in [3.8, 4) is 11.5 Å². The number of hydrogen-bond acceptors (Lipinski definition) is 7. The van der Waals surface area contributed by atoms with Crippen LogP contribution in [0.15, 0.2) is 89.5 Å². The Hall–Kier alpha value is -3.85. The van der Waals surface area contributed by atoms with Gasteiger partial charge in [-0.05, 0) is 43.2 Å². The molecule has 1 aromatic heterocycles. The highest BCUT2D eigenvalue weighted by atomic mass is 16.5. The van der Waals surface area contributed by atoms with Crippen LogP contribution in [0.25, 0.3) is 10.8 Å². The Balaban J connectivity index is 1.44. The van der Waals surface area contributed by atoms with E-state index >= 15 is 0 Å². The van der Waals surface area contributed by atoms with Crippen LogP contribution < -0.4 is 9.47 Å². The maximum atomic E-state index is 11.1. The first-order chi connectivity index (χ1) is 18.4. The molecule has 0 saturated heterocycles. The monoisotopic (exact) mass is 519 g/mol. The summed E-state index contributed by atoms with van der Waals surface area (Å²) in [5.74, 6) is 0.622. The smallest absolute Gasteiger partial charge is 0.341 e. The SMILES string of the molecule is C[C@H](Cc1ccc(OCC(=O)O)cc1)N(CC(O)c1occ2ccccc12)C[C@H](O)COc1ccccc1. The highest BCUT2D eigenvalue weighted by Crippen LogP contribution is 2.28. The number of aliphatic hydroxyl groups excluding tert-OH is 2. The van der Waals surface area contributed by atoms with Crippen molar-refractivity contribution in [2.75, 3.05) is 26.3 Å². The van der Waals surface area contributed by atoms with Gasteiger partial charge in [-0.15, -0.1) is 0 Å². The van der Waals surface area contributed by atoms with Crippen LogP contribution in [0.2, 0.25) is 0 Å². The Morgan fingerprint density at radius 1 is 0.895 bits per heavy atom. The molecule has 3 N–H and O–H groups in total. The quantitative estimate of drug-likeness (QED) is 0.226. The number of aliphatic carboxylic acids is 1. The zero-order valence-electron chi connectivity index (χ0n) is 21.3. The van der Waals surface area contributed by atoms with Crippen LogP contribution in [0.3, 0.4) is 0 Å². The topological polar surface area (TPSA) is 113 Å². The Morgan fingerprint density at radius 3 is 2.32 bits per heavy atom. The Labute approximate surface area is 221 Å². The fourth-order valence-corrected chi connectivity index (χ4v) is 4.38. The molecule has 8 nitrogen and oxygen atoms in total. The second-order valence-electron chi connectivity index (χ2n) is 9.31. The van der Waals surface area contributed by atoms with E-state index in [2.05, 4.69) is 0 Å². The highest BCUT2D eigenvalue weighted by molar-refractivity contribution is 5.84. The van der Waals surface area contributed by atoms with Gasteiger partial charge in [0.05, 0.1) is 6.26 Å². The number of fused-ring (bicyclic) bond motifs is 1. The molecule has 38 heavy (non-hydrogen) atoms. The van der Waals surface area contributed by atoms with E-state index in [4.69, 9.17) is 19.0 Å². The van der Waals surface area contributed by atoms with Crippen LogP contribution in [0.4, 0.5) is 0 Å². The van der Waals surface area contributed by atoms with Gasteiger partial charge in [-0.2, -0.15) is 0 Å². The molecule has 0 aliphatic carbocycles. The molecule has 0 fully saturated rings. The summed E-state index contributed by atoms with van der Waals surface area (Å²) in [6.45, 7) is 2.28. The molecule has 0 saturated carbocycles. The molecule has 0 bridgehead atoms. The van der Waals surface area contributed by atoms with Crippen molar-refractivity contribution >= 4 is 16.7 Å². The van der Waals surface area contributed by atoms with Crippen molar-refractivity contribution in [1.29, 1.82) is 0 Å². The molecule has 3 aromatic carbocycles. The molecule has 4 rings (SSSR count). The summed E-state index contributed by atoms with van der Waals surface area (Å²) >= 11 is 0. The maximum Gasteiger partial charge on any atom is 0.341 e. The Bertz CT molecular complexity index is 1290. The number of aliphatic hydroxyl groups is 2.